The first kappa shape index (κ1) is 13.3. The van der Waals surface area contributed by atoms with Crippen molar-refractivity contribution in [1.82, 2.24) is 0 Å². The van der Waals surface area contributed by atoms with E-state index in [1.807, 2.05) is 0 Å². The summed E-state index contributed by atoms with van der Waals surface area (Å²) < 4.78 is 0. The Kier molecular flexibility index (Phi) is 2.60. The second-order valence-electron chi connectivity index (χ2n) is 6.45. The zero-order valence-electron chi connectivity index (χ0n) is 13.3. The van der Waals surface area contributed by atoms with Crippen LogP contribution in [-0.2, 0) is 0 Å². The van der Waals surface area contributed by atoms with Gasteiger partial charge in [-0.25, -0.2) is 0 Å². The van der Waals surface area contributed by atoms with E-state index in [1.165, 1.54) is 43.1 Å². The third-order valence-electron chi connectivity index (χ3n) is 5.07. The minimum absolute atomic E-state index is 1.09. The van der Waals surface area contributed by atoms with Crippen molar-refractivity contribution in [2.24, 2.45) is 0 Å². The zero-order valence-corrected chi connectivity index (χ0v) is 13.3. The Balaban J connectivity index is 2.09. The molecule has 0 heteroatoms. The van der Waals surface area contributed by atoms with Crippen LogP contribution in [0.3, 0.4) is 0 Å². The molecular formula is C24H16. The molecule has 0 unspecified atom stereocenters. The summed E-state index contributed by atoms with van der Waals surface area (Å²) in [5, 5.41) is 11.9. The van der Waals surface area contributed by atoms with Gasteiger partial charge >= 0.3 is 0 Å². The van der Waals surface area contributed by atoms with Crippen LogP contribution in [0.4, 0.5) is 0 Å². The van der Waals surface area contributed by atoms with Crippen molar-refractivity contribution >= 4 is 56.2 Å². The first-order chi connectivity index (χ1) is 11.7. The maximum Gasteiger partial charge on any atom is -0.00987 e. The Labute approximate surface area is 140 Å². The minimum atomic E-state index is 1.09. The van der Waals surface area contributed by atoms with Gasteiger partial charge in [0.2, 0.25) is 0 Å². The summed E-state index contributed by atoms with van der Waals surface area (Å²) in [5.41, 5.74) is 0. The molecule has 0 aliphatic carbocycles. The molecule has 24 heavy (non-hydrogen) atoms. The molecule has 0 atom stereocenters. The smallest absolute Gasteiger partial charge is 0.00987 e. The van der Waals surface area contributed by atoms with Crippen LogP contribution in [0.15, 0.2) is 72.8 Å². The molecule has 5 aromatic rings. The third-order valence-corrected chi connectivity index (χ3v) is 5.07. The van der Waals surface area contributed by atoms with E-state index in [2.05, 4.69) is 86.0 Å². The summed E-state index contributed by atoms with van der Waals surface area (Å²) in [4.78, 5) is 0. The minimum Gasteiger partial charge on any atom is -0.0905 e. The van der Waals surface area contributed by atoms with E-state index >= 15 is 0 Å². The molecule has 0 heterocycles. The molecule has 0 aliphatic heterocycles. The van der Waals surface area contributed by atoms with Crippen LogP contribution in [-0.4, -0.2) is 0 Å². The van der Waals surface area contributed by atoms with E-state index in [9.17, 15) is 0 Å². The Morgan fingerprint density at radius 1 is 0.417 bits per heavy atom. The van der Waals surface area contributed by atoms with Gasteiger partial charge in [0.05, 0.1) is 0 Å². The number of hydrogen-bond donors (Lipinski definition) is 0. The van der Waals surface area contributed by atoms with Gasteiger partial charge in [-0.1, -0.05) is 61.7 Å². The molecule has 0 bridgehead atoms. The van der Waals surface area contributed by atoms with Gasteiger partial charge in [-0.15, -0.1) is 0 Å². The van der Waals surface area contributed by atoms with Crippen LogP contribution < -0.4 is 10.4 Å². The zero-order chi connectivity index (χ0) is 16.3. The first-order valence-corrected chi connectivity index (χ1v) is 8.17. The van der Waals surface area contributed by atoms with Crippen LogP contribution in [0.1, 0.15) is 0 Å². The maximum atomic E-state index is 4.40. The van der Waals surface area contributed by atoms with Gasteiger partial charge in [0.1, 0.15) is 0 Å². The van der Waals surface area contributed by atoms with Gasteiger partial charge in [0.25, 0.3) is 0 Å². The van der Waals surface area contributed by atoms with Crippen LogP contribution in [0.2, 0.25) is 0 Å². The molecule has 0 N–H and O–H groups in total. The molecule has 0 amide bonds. The van der Waals surface area contributed by atoms with E-state index in [4.69, 9.17) is 0 Å². The molecule has 0 fully saturated rings. The van der Waals surface area contributed by atoms with E-state index in [-0.39, 0.29) is 0 Å². The molecule has 0 aromatic heterocycles. The second-order valence-corrected chi connectivity index (χ2v) is 6.45. The molecular weight excluding hydrogens is 288 g/mol. The highest BCUT2D eigenvalue weighted by Gasteiger charge is 2.07. The van der Waals surface area contributed by atoms with Crippen LogP contribution >= 0.6 is 0 Å². The lowest BCUT2D eigenvalue weighted by atomic mass is 9.94. The molecule has 0 nitrogen and oxygen atoms in total. The predicted octanol–water partition coefficient (Wildman–Crippen LogP) is 5.12. The Bertz CT molecular complexity index is 1160. The highest BCUT2D eigenvalue weighted by molar-refractivity contribution is 6.08. The monoisotopic (exact) mass is 304 g/mol. The van der Waals surface area contributed by atoms with E-state index < -0.39 is 0 Å². The van der Waals surface area contributed by atoms with Crippen molar-refractivity contribution in [3.05, 3.63) is 83.2 Å². The van der Waals surface area contributed by atoms with E-state index in [0.717, 1.165) is 10.4 Å². The molecule has 5 rings (SSSR count). The lowest BCUT2D eigenvalue weighted by Crippen LogP contribution is -2.12. The van der Waals surface area contributed by atoms with Crippen molar-refractivity contribution in [3.8, 4) is 0 Å². The number of hydrogen-bond acceptors (Lipinski definition) is 0. The Morgan fingerprint density at radius 3 is 0.917 bits per heavy atom. The third kappa shape index (κ3) is 1.74. The van der Waals surface area contributed by atoms with Crippen molar-refractivity contribution in [3.63, 3.8) is 0 Å². The number of benzene rings is 5. The summed E-state index contributed by atoms with van der Waals surface area (Å²) in [7, 11) is 0. The fourth-order valence-corrected chi connectivity index (χ4v) is 3.77. The summed E-state index contributed by atoms with van der Waals surface area (Å²) in [6, 6.07) is 25.9. The van der Waals surface area contributed by atoms with Gasteiger partial charge in [-0.05, 0) is 77.8 Å². The van der Waals surface area contributed by atoms with Crippen LogP contribution in [0, 0.1) is 0 Å². The quantitative estimate of drug-likeness (QED) is 0.348. The van der Waals surface area contributed by atoms with Crippen molar-refractivity contribution in [1.29, 1.82) is 0 Å². The van der Waals surface area contributed by atoms with Crippen molar-refractivity contribution in [2.75, 3.05) is 0 Å². The normalized spacial score (nSPS) is 11.7. The molecule has 0 aliphatic rings. The highest BCUT2D eigenvalue weighted by atomic mass is 14.1. The summed E-state index contributed by atoms with van der Waals surface area (Å²) in [6.45, 7) is 8.81. The van der Waals surface area contributed by atoms with Gasteiger partial charge in [-0.2, -0.15) is 0 Å². The average molecular weight is 304 g/mol. The lowest BCUT2D eigenvalue weighted by Gasteiger charge is -2.09. The summed E-state index contributed by atoms with van der Waals surface area (Å²) >= 11 is 0. The van der Waals surface area contributed by atoms with Crippen LogP contribution in [0.25, 0.3) is 56.2 Å². The molecule has 0 radical (unpaired) electrons. The van der Waals surface area contributed by atoms with Crippen molar-refractivity contribution < 1.29 is 0 Å². The fourth-order valence-electron chi connectivity index (χ4n) is 3.77. The molecule has 5 aromatic carbocycles. The molecule has 0 saturated heterocycles. The molecule has 112 valence electrons. The summed E-state index contributed by atoms with van der Waals surface area (Å²) in [6.07, 6.45) is 0. The number of rotatable bonds is 0. The Hall–Kier alpha value is -3.12. The van der Waals surface area contributed by atoms with Gasteiger partial charge in [0.15, 0.2) is 0 Å². The van der Waals surface area contributed by atoms with E-state index in [1.54, 1.807) is 0 Å². The SMILES string of the molecule is C=c1c2cc3ccccc3cc2c(=C)c2cc3ccccc3cc12. The van der Waals surface area contributed by atoms with Crippen LogP contribution in [0.5, 0.6) is 0 Å². The molecule has 0 saturated carbocycles. The lowest BCUT2D eigenvalue weighted by molar-refractivity contribution is 1.73. The standard InChI is InChI=1S/C24H16/c1-15-21-11-17-7-3-5-9-19(17)13-23(21)16(2)24-14-20-10-6-4-8-18(20)12-22(15)24/h3-14H,1-2H2. The molecule has 0 spiro atoms. The predicted molar refractivity (Wildman–Crippen MR) is 107 cm³/mol. The van der Waals surface area contributed by atoms with Gasteiger partial charge in [0, 0.05) is 0 Å². The first-order valence-electron chi connectivity index (χ1n) is 8.17. The maximum absolute atomic E-state index is 4.40. The van der Waals surface area contributed by atoms with Crippen molar-refractivity contribution in [2.45, 2.75) is 0 Å². The fraction of sp³-hybridized carbons (Fsp3) is 0. The average Bonchev–Trinajstić information content (AvgIpc) is 2.64. The van der Waals surface area contributed by atoms with E-state index in [0.29, 0.717) is 0 Å². The highest BCUT2D eigenvalue weighted by Crippen LogP contribution is 2.24. The van der Waals surface area contributed by atoms with Gasteiger partial charge in [-0.3, -0.25) is 0 Å². The largest absolute Gasteiger partial charge is 0.0905 e. The van der Waals surface area contributed by atoms with Gasteiger partial charge < -0.3 is 0 Å². The number of fused-ring (bicyclic) bond motifs is 4. The second kappa shape index (κ2) is 4.69. The topological polar surface area (TPSA) is 0 Å². The Morgan fingerprint density at radius 2 is 0.667 bits per heavy atom. The summed E-state index contributed by atoms with van der Waals surface area (Å²) in [5.74, 6) is 0.